The van der Waals surface area contributed by atoms with Crippen LogP contribution < -0.4 is 11.1 Å². The minimum atomic E-state index is -0.222. The Kier molecular flexibility index (Phi) is 6.84. The summed E-state index contributed by atoms with van der Waals surface area (Å²) in [6.07, 6.45) is 5.14. The van der Waals surface area contributed by atoms with Gasteiger partial charge in [-0.05, 0) is 39.0 Å². The van der Waals surface area contributed by atoms with Crippen LogP contribution in [0, 0.1) is 5.92 Å². The molecule has 0 heterocycles. The van der Waals surface area contributed by atoms with Gasteiger partial charge in [-0.1, -0.05) is 13.3 Å². The van der Waals surface area contributed by atoms with Crippen LogP contribution in [0.2, 0.25) is 0 Å². The highest BCUT2D eigenvalue weighted by Crippen LogP contribution is 2.24. The maximum atomic E-state index is 11.8. The first-order valence-electron chi connectivity index (χ1n) is 7.30. The number of nitrogens with one attached hydrogen (secondary N) is 1. The number of hydrogen-bond acceptors (Lipinski definition) is 4. The zero-order chi connectivity index (χ0) is 14.3. The van der Waals surface area contributed by atoms with Gasteiger partial charge in [-0.25, -0.2) is 0 Å². The zero-order valence-corrected chi connectivity index (χ0v) is 12.0. The molecule has 0 aromatic rings. The fourth-order valence-corrected chi connectivity index (χ4v) is 2.63. The summed E-state index contributed by atoms with van der Waals surface area (Å²) in [6.45, 7) is 4.28. The van der Waals surface area contributed by atoms with Crippen LogP contribution in [0.3, 0.4) is 0 Å². The van der Waals surface area contributed by atoms with Crippen molar-refractivity contribution in [3.05, 3.63) is 0 Å². The largest absolute Gasteiger partial charge is 0.465 e. The number of nitrogens with two attached hydrogens (primary N) is 1. The molecular formula is C14H26N2O3. The van der Waals surface area contributed by atoms with Crippen molar-refractivity contribution in [1.82, 2.24) is 5.32 Å². The van der Waals surface area contributed by atoms with Crippen molar-refractivity contribution in [3.8, 4) is 0 Å². The molecule has 1 rings (SSSR count). The van der Waals surface area contributed by atoms with Crippen LogP contribution in [0.25, 0.3) is 0 Å². The molecule has 1 saturated carbocycles. The number of esters is 1. The number of carbonyl (C=O) groups is 2. The number of hydrogen-bond donors (Lipinski definition) is 2. The smallest absolute Gasteiger partial charge is 0.323 e. The lowest BCUT2D eigenvalue weighted by Gasteiger charge is -2.30. The van der Waals surface area contributed by atoms with E-state index < -0.39 is 0 Å². The van der Waals surface area contributed by atoms with Crippen LogP contribution in [0.15, 0.2) is 0 Å². The van der Waals surface area contributed by atoms with Crippen molar-refractivity contribution in [3.63, 3.8) is 0 Å². The standard InChI is InChI=1S/C14H26N2O3/c1-3-5-12(14(18)19-4-2)16-11-8-6-10(7-9-11)13(15)17/h10-12,16H,3-9H2,1-2H3,(H2,15,17). The summed E-state index contributed by atoms with van der Waals surface area (Å²) in [6, 6.07) is 0.0663. The van der Waals surface area contributed by atoms with Crippen LogP contribution >= 0.6 is 0 Å². The van der Waals surface area contributed by atoms with Gasteiger partial charge >= 0.3 is 5.97 Å². The number of amides is 1. The summed E-state index contributed by atoms with van der Waals surface area (Å²) < 4.78 is 5.08. The van der Waals surface area contributed by atoms with Gasteiger partial charge in [0, 0.05) is 12.0 Å². The Balaban J connectivity index is 2.43. The molecule has 19 heavy (non-hydrogen) atoms. The zero-order valence-electron chi connectivity index (χ0n) is 12.0. The highest BCUT2D eigenvalue weighted by molar-refractivity contribution is 5.77. The molecule has 0 aromatic carbocycles. The van der Waals surface area contributed by atoms with Gasteiger partial charge in [0.15, 0.2) is 0 Å². The van der Waals surface area contributed by atoms with Crippen molar-refractivity contribution >= 4 is 11.9 Å². The predicted octanol–water partition coefficient (Wildman–Crippen LogP) is 1.35. The van der Waals surface area contributed by atoms with E-state index in [0.29, 0.717) is 6.61 Å². The molecule has 0 aliphatic heterocycles. The van der Waals surface area contributed by atoms with Crippen LogP contribution in [-0.4, -0.2) is 30.6 Å². The summed E-state index contributed by atoms with van der Waals surface area (Å²) in [5.41, 5.74) is 5.32. The summed E-state index contributed by atoms with van der Waals surface area (Å²) in [5, 5.41) is 3.37. The van der Waals surface area contributed by atoms with Crippen molar-refractivity contribution in [2.45, 2.75) is 64.5 Å². The Bertz CT molecular complexity index is 299. The average molecular weight is 270 g/mol. The topological polar surface area (TPSA) is 81.4 Å². The summed E-state index contributed by atoms with van der Waals surface area (Å²) >= 11 is 0. The SMILES string of the molecule is CCCC(NC1CCC(C(N)=O)CC1)C(=O)OCC. The number of carbonyl (C=O) groups excluding carboxylic acids is 2. The Morgan fingerprint density at radius 3 is 2.37 bits per heavy atom. The van der Waals surface area contributed by atoms with Crippen molar-refractivity contribution in [1.29, 1.82) is 0 Å². The lowest BCUT2D eigenvalue weighted by Crippen LogP contribution is -2.46. The molecular weight excluding hydrogens is 244 g/mol. The second-order valence-electron chi connectivity index (χ2n) is 5.21. The lowest BCUT2D eigenvalue weighted by atomic mass is 9.85. The Labute approximate surface area is 115 Å². The third-order valence-electron chi connectivity index (χ3n) is 3.71. The maximum Gasteiger partial charge on any atom is 0.323 e. The van der Waals surface area contributed by atoms with Gasteiger partial charge < -0.3 is 15.8 Å². The van der Waals surface area contributed by atoms with Gasteiger partial charge in [-0.3, -0.25) is 9.59 Å². The summed E-state index contributed by atoms with van der Waals surface area (Å²) in [5.74, 6) is -0.361. The Hall–Kier alpha value is -1.10. The van der Waals surface area contributed by atoms with E-state index in [1.165, 1.54) is 0 Å². The van der Waals surface area contributed by atoms with Gasteiger partial charge in [-0.15, -0.1) is 0 Å². The van der Waals surface area contributed by atoms with Crippen molar-refractivity contribution < 1.29 is 14.3 Å². The van der Waals surface area contributed by atoms with E-state index in [-0.39, 0.29) is 29.9 Å². The third kappa shape index (κ3) is 5.19. The van der Waals surface area contributed by atoms with Crippen LogP contribution in [0.1, 0.15) is 52.4 Å². The van der Waals surface area contributed by atoms with Gasteiger partial charge in [0.1, 0.15) is 6.04 Å². The van der Waals surface area contributed by atoms with E-state index in [4.69, 9.17) is 10.5 Å². The normalized spacial score (nSPS) is 24.7. The molecule has 5 nitrogen and oxygen atoms in total. The number of ether oxygens (including phenoxy) is 1. The molecule has 3 N–H and O–H groups in total. The molecule has 5 heteroatoms. The van der Waals surface area contributed by atoms with E-state index in [2.05, 4.69) is 12.2 Å². The van der Waals surface area contributed by atoms with Crippen LogP contribution in [-0.2, 0) is 14.3 Å². The van der Waals surface area contributed by atoms with Crippen LogP contribution in [0.5, 0.6) is 0 Å². The minimum Gasteiger partial charge on any atom is -0.465 e. The molecule has 0 spiro atoms. The van der Waals surface area contributed by atoms with Gasteiger partial charge in [0.05, 0.1) is 6.61 Å². The fourth-order valence-electron chi connectivity index (χ4n) is 2.63. The first-order valence-corrected chi connectivity index (χ1v) is 7.30. The Morgan fingerprint density at radius 1 is 1.26 bits per heavy atom. The second kappa shape index (κ2) is 8.15. The van der Waals surface area contributed by atoms with E-state index in [0.717, 1.165) is 38.5 Å². The number of rotatable bonds is 7. The monoisotopic (exact) mass is 270 g/mol. The Morgan fingerprint density at radius 2 is 1.89 bits per heavy atom. The lowest BCUT2D eigenvalue weighted by molar-refractivity contribution is -0.146. The highest BCUT2D eigenvalue weighted by Gasteiger charge is 2.28. The molecule has 0 aromatic heterocycles. The predicted molar refractivity (Wildman–Crippen MR) is 73.4 cm³/mol. The average Bonchev–Trinajstić information content (AvgIpc) is 2.39. The first kappa shape index (κ1) is 16.0. The fraction of sp³-hybridized carbons (Fsp3) is 0.857. The third-order valence-corrected chi connectivity index (χ3v) is 3.71. The molecule has 0 saturated heterocycles. The second-order valence-corrected chi connectivity index (χ2v) is 5.21. The van der Waals surface area contributed by atoms with Gasteiger partial charge in [0.2, 0.25) is 5.91 Å². The number of primary amides is 1. The van der Waals surface area contributed by atoms with E-state index >= 15 is 0 Å². The molecule has 1 fully saturated rings. The van der Waals surface area contributed by atoms with E-state index in [9.17, 15) is 9.59 Å². The van der Waals surface area contributed by atoms with Gasteiger partial charge in [-0.2, -0.15) is 0 Å². The summed E-state index contributed by atoms with van der Waals surface area (Å²) in [4.78, 5) is 22.9. The molecule has 1 atom stereocenters. The highest BCUT2D eigenvalue weighted by atomic mass is 16.5. The van der Waals surface area contributed by atoms with E-state index in [1.54, 1.807) is 0 Å². The minimum absolute atomic E-state index is 0.00488. The molecule has 1 aliphatic carbocycles. The van der Waals surface area contributed by atoms with E-state index in [1.807, 2.05) is 6.92 Å². The quantitative estimate of drug-likeness (QED) is 0.684. The molecule has 1 amide bonds. The maximum absolute atomic E-state index is 11.8. The molecule has 0 bridgehead atoms. The molecule has 0 radical (unpaired) electrons. The van der Waals surface area contributed by atoms with Gasteiger partial charge in [0.25, 0.3) is 0 Å². The molecule has 1 unspecified atom stereocenters. The molecule has 110 valence electrons. The molecule has 1 aliphatic rings. The van der Waals surface area contributed by atoms with Crippen LogP contribution in [0.4, 0.5) is 0 Å². The summed E-state index contributed by atoms with van der Waals surface area (Å²) in [7, 11) is 0. The first-order chi connectivity index (χ1) is 9.08. The van der Waals surface area contributed by atoms with Crippen molar-refractivity contribution in [2.75, 3.05) is 6.61 Å². The van der Waals surface area contributed by atoms with Crippen molar-refractivity contribution in [2.24, 2.45) is 11.7 Å².